The van der Waals surface area contributed by atoms with E-state index in [4.69, 9.17) is 5.73 Å². The molecule has 1 aromatic carbocycles. The van der Waals surface area contributed by atoms with E-state index in [-0.39, 0.29) is 11.8 Å². The molecule has 1 rings (SSSR count). The van der Waals surface area contributed by atoms with Gasteiger partial charge in [0, 0.05) is 5.75 Å². The number of thiol groups is 1. The molecule has 1 atom stereocenters. The fourth-order valence-electron chi connectivity index (χ4n) is 1.15. The minimum absolute atomic E-state index is 0.161. The summed E-state index contributed by atoms with van der Waals surface area (Å²) in [4.78, 5) is 10.9. The Labute approximate surface area is 83.5 Å². The molecule has 0 saturated heterocycles. The monoisotopic (exact) mass is 195 g/mol. The van der Waals surface area contributed by atoms with Gasteiger partial charge in [-0.2, -0.15) is 12.6 Å². The zero-order valence-electron chi connectivity index (χ0n) is 7.31. The molecular formula is C10H13NOS. The lowest BCUT2D eigenvalue weighted by Gasteiger charge is -2.09. The van der Waals surface area contributed by atoms with Crippen LogP contribution in [0.5, 0.6) is 0 Å². The highest BCUT2D eigenvalue weighted by molar-refractivity contribution is 7.80. The molecule has 2 nitrogen and oxygen atoms in total. The normalized spacial score (nSPS) is 12.4. The lowest BCUT2D eigenvalue weighted by Crippen LogP contribution is -2.26. The molecule has 0 aliphatic carbocycles. The van der Waals surface area contributed by atoms with Crippen molar-refractivity contribution < 1.29 is 4.79 Å². The van der Waals surface area contributed by atoms with Crippen LogP contribution in [0.4, 0.5) is 0 Å². The minimum Gasteiger partial charge on any atom is -0.369 e. The average Bonchev–Trinajstić information content (AvgIpc) is 2.15. The third-order valence-electron chi connectivity index (χ3n) is 1.95. The van der Waals surface area contributed by atoms with Gasteiger partial charge < -0.3 is 5.73 Å². The van der Waals surface area contributed by atoms with Crippen molar-refractivity contribution in [3.05, 3.63) is 35.9 Å². The summed E-state index contributed by atoms with van der Waals surface area (Å²) in [5, 5.41) is 0. The van der Waals surface area contributed by atoms with Crippen molar-refractivity contribution in [2.24, 2.45) is 11.7 Å². The minimum atomic E-state index is -0.279. The molecule has 0 aliphatic rings. The summed E-state index contributed by atoms with van der Waals surface area (Å²) in [6, 6.07) is 9.82. The maximum atomic E-state index is 10.9. The van der Waals surface area contributed by atoms with E-state index in [2.05, 4.69) is 12.6 Å². The van der Waals surface area contributed by atoms with Crippen LogP contribution in [-0.2, 0) is 11.2 Å². The summed E-state index contributed by atoms with van der Waals surface area (Å²) in [7, 11) is 0. The number of benzene rings is 1. The Hall–Kier alpha value is -0.960. The quantitative estimate of drug-likeness (QED) is 0.698. The zero-order chi connectivity index (χ0) is 9.68. The Balaban J connectivity index is 2.62. The van der Waals surface area contributed by atoms with Gasteiger partial charge in [0.15, 0.2) is 0 Å². The molecule has 0 aliphatic heterocycles. The van der Waals surface area contributed by atoms with E-state index in [0.29, 0.717) is 12.2 Å². The van der Waals surface area contributed by atoms with E-state index in [9.17, 15) is 4.79 Å². The highest BCUT2D eigenvalue weighted by Gasteiger charge is 2.13. The molecule has 0 fully saturated rings. The van der Waals surface area contributed by atoms with Gasteiger partial charge in [-0.25, -0.2) is 0 Å². The van der Waals surface area contributed by atoms with Gasteiger partial charge in [0.2, 0.25) is 5.91 Å². The largest absolute Gasteiger partial charge is 0.369 e. The fraction of sp³-hybridized carbons (Fsp3) is 0.300. The number of carbonyl (C=O) groups excluding carboxylic acids is 1. The Morgan fingerprint density at radius 2 is 2.00 bits per heavy atom. The predicted octanol–water partition coefficient (Wildman–Crippen LogP) is 1.26. The number of amides is 1. The van der Waals surface area contributed by atoms with Crippen LogP contribution in [0.25, 0.3) is 0 Å². The Bertz CT molecular complexity index is 274. The molecule has 13 heavy (non-hydrogen) atoms. The van der Waals surface area contributed by atoms with Gasteiger partial charge in [-0.05, 0) is 12.0 Å². The molecule has 0 unspecified atom stereocenters. The Kier molecular flexibility index (Phi) is 3.83. The number of hydrogen-bond donors (Lipinski definition) is 2. The smallest absolute Gasteiger partial charge is 0.221 e. The summed E-state index contributed by atoms with van der Waals surface area (Å²) in [6.07, 6.45) is 0.680. The molecule has 0 saturated carbocycles. The van der Waals surface area contributed by atoms with Crippen molar-refractivity contribution in [3.8, 4) is 0 Å². The maximum absolute atomic E-state index is 10.9. The van der Waals surface area contributed by atoms with Crippen molar-refractivity contribution >= 4 is 18.5 Å². The first-order chi connectivity index (χ1) is 6.24. The topological polar surface area (TPSA) is 43.1 Å². The van der Waals surface area contributed by atoms with Gasteiger partial charge in [0.1, 0.15) is 0 Å². The number of hydrogen-bond acceptors (Lipinski definition) is 2. The molecule has 70 valence electrons. The third-order valence-corrected chi connectivity index (χ3v) is 2.39. The van der Waals surface area contributed by atoms with Crippen LogP contribution in [0, 0.1) is 5.92 Å². The highest BCUT2D eigenvalue weighted by Crippen LogP contribution is 2.09. The second-order valence-electron chi connectivity index (χ2n) is 2.97. The molecule has 0 heterocycles. The van der Waals surface area contributed by atoms with Crippen molar-refractivity contribution in [1.29, 1.82) is 0 Å². The van der Waals surface area contributed by atoms with Crippen LogP contribution >= 0.6 is 12.6 Å². The van der Waals surface area contributed by atoms with Crippen molar-refractivity contribution in [1.82, 2.24) is 0 Å². The molecule has 0 radical (unpaired) electrons. The SMILES string of the molecule is NC(=O)[C@@H](CS)Cc1ccccc1. The summed E-state index contributed by atoms with van der Waals surface area (Å²) in [6.45, 7) is 0. The second kappa shape index (κ2) is 4.92. The van der Waals surface area contributed by atoms with Crippen LogP contribution in [0.2, 0.25) is 0 Å². The van der Waals surface area contributed by atoms with Gasteiger partial charge in [0.05, 0.1) is 5.92 Å². The van der Waals surface area contributed by atoms with Crippen molar-refractivity contribution in [2.45, 2.75) is 6.42 Å². The van der Waals surface area contributed by atoms with Gasteiger partial charge in [-0.15, -0.1) is 0 Å². The van der Waals surface area contributed by atoms with Crippen molar-refractivity contribution in [3.63, 3.8) is 0 Å². The van der Waals surface area contributed by atoms with Crippen LogP contribution in [0.1, 0.15) is 5.56 Å². The summed E-state index contributed by atoms with van der Waals surface area (Å²) in [5.74, 6) is 0.0640. The molecule has 0 bridgehead atoms. The van der Waals surface area contributed by atoms with Gasteiger partial charge >= 0.3 is 0 Å². The second-order valence-corrected chi connectivity index (χ2v) is 3.34. The van der Waals surface area contributed by atoms with E-state index < -0.39 is 0 Å². The van der Waals surface area contributed by atoms with E-state index in [1.165, 1.54) is 0 Å². The van der Waals surface area contributed by atoms with Gasteiger partial charge in [0.25, 0.3) is 0 Å². The first-order valence-electron chi connectivity index (χ1n) is 4.18. The fourth-order valence-corrected chi connectivity index (χ4v) is 1.46. The first-order valence-corrected chi connectivity index (χ1v) is 4.81. The summed E-state index contributed by atoms with van der Waals surface area (Å²) < 4.78 is 0. The van der Waals surface area contributed by atoms with E-state index in [0.717, 1.165) is 5.56 Å². The lowest BCUT2D eigenvalue weighted by atomic mass is 10.0. The van der Waals surface area contributed by atoms with Crippen LogP contribution in [0.15, 0.2) is 30.3 Å². The molecule has 1 amide bonds. The molecular weight excluding hydrogens is 182 g/mol. The van der Waals surface area contributed by atoms with Gasteiger partial charge in [-0.1, -0.05) is 30.3 Å². The molecule has 1 aromatic rings. The predicted molar refractivity (Wildman–Crippen MR) is 56.7 cm³/mol. The lowest BCUT2D eigenvalue weighted by molar-refractivity contribution is -0.121. The first kappa shape index (κ1) is 10.1. The number of primary amides is 1. The molecule has 2 N–H and O–H groups in total. The van der Waals surface area contributed by atoms with E-state index in [1.807, 2.05) is 30.3 Å². The molecule has 0 spiro atoms. The average molecular weight is 195 g/mol. The van der Waals surface area contributed by atoms with E-state index >= 15 is 0 Å². The van der Waals surface area contributed by atoms with Crippen LogP contribution in [-0.4, -0.2) is 11.7 Å². The number of nitrogens with two attached hydrogens (primary N) is 1. The number of carbonyl (C=O) groups is 1. The maximum Gasteiger partial charge on any atom is 0.221 e. The Morgan fingerprint density at radius 3 is 2.46 bits per heavy atom. The van der Waals surface area contributed by atoms with Crippen LogP contribution < -0.4 is 5.73 Å². The number of rotatable bonds is 4. The Morgan fingerprint density at radius 1 is 1.38 bits per heavy atom. The zero-order valence-corrected chi connectivity index (χ0v) is 8.21. The third kappa shape index (κ3) is 3.11. The van der Waals surface area contributed by atoms with Crippen LogP contribution in [0.3, 0.4) is 0 Å². The van der Waals surface area contributed by atoms with Gasteiger partial charge in [-0.3, -0.25) is 4.79 Å². The van der Waals surface area contributed by atoms with Crippen molar-refractivity contribution in [2.75, 3.05) is 5.75 Å². The highest BCUT2D eigenvalue weighted by atomic mass is 32.1. The standard InChI is InChI=1S/C10H13NOS/c11-10(12)9(7-13)6-8-4-2-1-3-5-8/h1-5,9,13H,6-7H2,(H2,11,12)/t9-/m1/s1. The summed E-state index contributed by atoms with van der Waals surface area (Å²) >= 11 is 4.08. The summed E-state index contributed by atoms with van der Waals surface area (Å²) in [5.41, 5.74) is 6.33. The molecule has 3 heteroatoms. The van der Waals surface area contributed by atoms with E-state index in [1.54, 1.807) is 0 Å². The molecule has 0 aromatic heterocycles.